The summed E-state index contributed by atoms with van der Waals surface area (Å²) in [5.74, 6) is -0.913. The summed E-state index contributed by atoms with van der Waals surface area (Å²) in [5, 5.41) is 11.0. The first-order chi connectivity index (χ1) is 14.8. The van der Waals surface area contributed by atoms with Crippen LogP contribution in [0.2, 0.25) is 0 Å². The molecule has 162 valence electrons. The predicted molar refractivity (Wildman–Crippen MR) is 124 cm³/mol. The number of carbonyl (C=O) groups excluding carboxylic acids is 2. The summed E-state index contributed by atoms with van der Waals surface area (Å²) in [6, 6.07) is 13.5. The summed E-state index contributed by atoms with van der Waals surface area (Å²) < 4.78 is 6.48. The number of carbonyl (C=O) groups is 2. The lowest BCUT2D eigenvalue weighted by atomic mass is 9.95. The van der Waals surface area contributed by atoms with Gasteiger partial charge in [-0.05, 0) is 43.9 Å². The van der Waals surface area contributed by atoms with Gasteiger partial charge in [0.05, 0.1) is 11.6 Å². The second-order valence-corrected chi connectivity index (χ2v) is 8.39. The molecule has 1 atom stereocenters. The third-order valence-electron chi connectivity index (χ3n) is 4.99. The van der Waals surface area contributed by atoms with Crippen molar-refractivity contribution in [1.29, 1.82) is 0 Å². The van der Waals surface area contributed by atoms with Crippen molar-refractivity contribution in [3.8, 4) is 5.75 Å². The third-order valence-corrected chi connectivity index (χ3v) is 5.52. The molecular formula is C24H25BrN2O4. The number of nitrogens with zero attached hydrogens (tertiary/aromatic N) is 2. The number of aliphatic hydroxyl groups is 1. The Kier molecular flexibility index (Phi) is 7.30. The van der Waals surface area contributed by atoms with Gasteiger partial charge in [-0.1, -0.05) is 52.9 Å². The summed E-state index contributed by atoms with van der Waals surface area (Å²) in [6.07, 6.45) is 1.64. The van der Waals surface area contributed by atoms with Crippen LogP contribution in [0.25, 0.3) is 5.76 Å². The molecular weight excluding hydrogens is 460 g/mol. The fraction of sp³-hybridized carbons (Fsp3) is 0.250. The molecule has 1 fully saturated rings. The summed E-state index contributed by atoms with van der Waals surface area (Å²) in [4.78, 5) is 29.4. The minimum Gasteiger partial charge on any atom is -0.507 e. The fourth-order valence-corrected chi connectivity index (χ4v) is 3.72. The van der Waals surface area contributed by atoms with Crippen molar-refractivity contribution >= 4 is 33.4 Å². The Morgan fingerprint density at radius 2 is 1.94 bits per heavy atom. The molecule has 7 heteroatoms. The number of benzene rings is 2. The van der Waals surface area contributed by atoms with E-state index in [9.17, 15) is 14.7 Å². The van der Waals surface area contributed by atoms with Crippen molar-refractivity contribution in [2.24, 2.45) is 0 Å². The Bertz CT molecular complexity index is 1010. The molecule has 0 aromatic heterocycles. The number of rotatable bonds is 8. The van der Waals surface area contributed by atoms with Gasteiger partial charge >= 0.3 is 0 Å². The Morgan fingerprint density at radius 1 is 1.23 bits per heavy atom. The molecule has 2 aromatic rings. The van der Waals surface area contributed by atoms with Crippen molar-refractivity contribution in [1.82, 2.24) is 9.80 Å². The molecule has 0 radical (unpaired) electrons. The number of likely N-dealkylation sites (tertiary alicyclic amines) is 1. The van der Waals surface area contributed by atoms with Gasteiger partial charge in [-0.3, -0.25) is 9.59 Å². The standard InChI is InChI=1S/C24H25BrN2O4/c1-4-14-31-19-7-5-6-17(15-19)21-20(22(28)16-8-10-18(25)11-9-16)23(29)24(30)27(21)13-12-26(2)3/h4-11,15,21,28H,1,12-14H2,2-3H3/b22-20+. The third kappa shape index (κ3) is 5.06. The summed E-state index contributed by atoms with van der Waals surface area (Å²) in [5.41, 5.74) is 1.24. The highest BCUT2D eigenvalue weighted by Gasteiger charge is 2.46. The normalized spacial score (nSPS) is 17.9. The minimum atomic E-state index is -0.712. The number of amides is 1. The highest BCUT2D eigenvalue weighted by molar-refractivity contribution is 9.10. The van der Waals surface area contributed by atoms with Gasteiger partial charge in [-0.2, -0.15) is 0 Å². The zero-order valence-corrected chi connectivity index (χ0v) is 19.1. The maximum atomic E-state index is 13.0. The average Bonchev–Trinajstić information content (AvgIpc) is 3.01. The van der Waals surface area contributed by atoms with E-state index in [0.717, 1.165) is 4.47 Å². The van der Waals surface area contributed by atoms with E-state index in [1.54, 1.807) is 48.5 Å². The molecule has 1 unspecified atom stereocenters. The lowest BCUT2D eigenvalue weighted by Gasteiger charge is -2.26. The van der Waals surface area contributed by atoms with E-state index < -0.39 is 17.7 Å². The van der Waals surface area contributed by atoms with Crippen LogP contribution in [-0.4, -0.2) is 60.4 Å². The van der Waals surface area contributed by atoms with E-state index in [1.165, 1.54) is 4.90 Å². The second-order valence-electron chi connectivity index (χ2n) is 7.47. The maximum absolute atomic E-state index is 13.0. The van der Waals surface area contributed by atoms with E-state index in [1.807, 2.05) is 25.1 Å². The quantitative estimate of drug-likeness (QED) is 0.265. The number of hydrogen-bond donors (Lipinski definition) is 1. The average molecular weight is 485 g/mol. The Morgan fingerprint density at radius 3 is 2.58 bits per heavy atom. The number of hydrogen-bond acceptors (Lipinski definition) is 5. The molecule has 2 aromatic carbocycles. The number of ketones is 1. The molecule has 0 aliphatic carbocycles. The zero-order valence-electron chi connectivity index (χ0n) is 17.5. The molecule has 1 amide bonds. The molecule has 31 heavy (non-hydrogen) atoms. The van der Waals surface area contributed by atoms with E-state index in [0.29, 0.717) is 36.6 Å². The van der Waals surface area contributed by atoms with Gasteiger partial charge in [-0.25, -0.2) is 0 Å². The maximum Gasteiger partial charge on any atom is 0.295 e. The number of ether oxygens (including phenoxy) is 1. The van der Waals surface area contributed by atoms with Crippen LogP contribution in [-0.2, 0) is 9.59 Å². The van der Waals surface area contributed by atoms with Crippen molar-refractivity contribution < 1.29 is 19.4 Å². The molecule has 0 bridgehead atoms. The number of aliphatic hydroxyl groups excluding tert-OH is 1. The fourth-order valence-electron chi connectivity index (χ4n) is 3.46. The van der Waals surface area contributed by atoms with Gasteiger partial charge in [0.25, 0.3) is 11.7 Å². The van der Waals surface area contributed by atoms with Crippen LogP contribution in [0.5, 0.6) is 5.75 Å². The number of Topliss-reactive ketones (excluding diaryl/α,β-unsaturated/α-hetero) is 1. The summed E-state index contributed by atoms with van der Waals surface area (Å²) >= 11 is 3.37. The number of halogens is 1. The van der Waals surface area contributed by atoms with Crippen LogP contribution in [0.4, 0.5) is 0 Å². The van der Waals surface area contributed by atoms with Crippen molar-refractivity contribution in [2.45, 2.75) is 6.04 Å². The summed E-state index contributed by atoms with van der Waals surface area (Å²) in [7, 11) is 3.80. The van der Waals surface area contributed by atoms with E-state index in [-0.39, 0.29) is 11.3 Å². The number of likely N-dealkylation sites (N-methyl/N-ethyl adjacent to an activating group) is 1. The Balaban J connectivity index is 2.12. The first kappa shape index (κ1) is 22.8. The zero-order chi connectivity index (χ0) is 22.5. The summed E-state index contributed by atoms with van der Waals surface area (Å²) in [6.45, 7) is 4.91. The van der Waals surface area contributed by atoms with Crippen molar-refractivity contribution in [2.75, 3.05) is 33.8 Å². The van der Waals surface area contributed by atoms with E-state index >= 15 is 0 Å². The van der Waals surface area contributed by atoms with Crippen LogP contribution >= 0.6 is 15.9 Å². The van der Waals surface area contributed by atoms with Gasteiger partial charge in [0, 0.05) is 23.1 Å². The molecule has 1 saturated heterocycles. The lowest BCUT2D eigenvalue weighted by molar-refractivity contribution is -0.140. The smallest absolute Gasteiger partial charge is 0.295 e. The van der Waals surface area contributed by atoms with Crippen LogP contribution in [0.3, 0.4) is 0 Å². The van der Waals surface area contributed by atoms with E-state index in [2.05, 4.69) is 22.5 Å². The molecule has 0 spiro atoms. The van der Waals surface area contributed by atoms with Crippen LogP contribution in [0, 0.1) is 0 Å². The first-order valence-electron chi connectivity index (χ1n) is 9.86. The van der Waals surface area contributed by atoms with Gasteiger partial charge in [-0.15, -0.1) is 0 Å². The first-order valence-corrected chi connectivity index (χ1v) is 10.7. The van der Waals surface area contributed by atoms with Gasteiger partial charge in [0.2, 0.25) is 0 Å². The van der Waals surface area contributed by atoms with Crippen molar-refractivity contribution in [3.05, 3.63) is 82.4 Å². The molecule has 1 aliphatic heterocycles. The molecule has 6 nitrogen and oxygen atoms in total. The molecule has 1 heterocycles. The van der Waals surface area contributed by atoms with Gasteiger partial charge < -0.3 is 19.6 Å². The largest absolute Gasteiger partial charge is 0.507 e. The Labute approximate surface area is 190 Å². The van der Waals surface area contributed by atoms with Gasteiger partial charge in [0.1, 0.15) is 18.1 Å². The molecule has 3 rings (SSSR count). The second kappa shape index (κ2) is 9.94. The van der Waals surface area contributed by atoms with Crippen molar-refractivity contribution in [3.63, 3.8) is 0 Å². The molecule has 1 aliphatic rings. The van der Waals surface area contributed by atoms with E-state index in [4.69, 9.17) is 4.74 Å². The predicted octanol–water partition coefficient (Wildman–Crippen LogP) is 4.00. The van der Waals surface area contributed by atoms with Gasteiger partial charge in [0.15, 0.2) is 0 Å². The molecule has 0 saturated carbocycles. The highest BCUT2D eigenvalue weighted by Crippen LogP contribution is 2.40. The highest BCUT2D eigenvalue weighted by atomic mass is 79.9. The molecule has 1 N–H and O–H groups in total. The SMILES string of the molecule is C=CCOc1cccc(C2/C(=C(\O)c3ccc(Br)cc3)C(=O)C(=O)N2CCN(C)C)c1. The monoisotopic (exact) mass is 484 g/mol. The van der Waals surface area contributed by atoms with Crippen LogP contribution in [0.15, 0.2) is 71.2 Å². The lowest BCUT2D eigenvalue weighted by Crippen LogP contribution is -2.35. The Hall–Kier alpha value is -2.90. The minimum absolute atomic E-state index is 0.0759. The van der Waals surface area contributed by atoms with Crippen LogP contribution in [0.1, 0.15) is 17.2 Å². The topological polar surface area (TPSA) is 70.1 Å². The van der Waals surface area contributed by atoms with Crippen LogP contribution < -0.4 is 4.74 Å².